The average molecular weight is 422 g/mol. The average Bonchev–Trinajstić information content (AvgIpc) is 3.24. The number of carbonyl (C=O) groups is 2. The quantitative estimate of drug-likeness (QED) is 0.332. The molecule has 1 heterocycles. The highest BCUT2D eigenvalue weighted by molar-refractivity contribution is 6.39. The van der Waals surface area contributed by atoms with Crippen molar-refractivity contribution in [2.24, 2.45) is 5.16 Å². The Kier molecular flexibility index (Phi) is 8.76. The van der Waals surface area contributed by atoms with Crippen LogP contribution in [-0.4, -0.2) is 68.1 Å². The van der Waals surface area contributed by atoms with Crippen LogP contribution in [0, 0.1) is 0 Å². The second-order valence-electron chi connectivity index (χ2n) is 6.93. The van der Waals surface area contributed by atoms with E-state index in [4.69, 9.17) is 19.0 Å². The number of hydrogen-bond donors (Lipinski definition) is 1. The lowest BCUT2D eigenvalue weighted by atomic mass is 10.1. The highest BCUT2D eigenvalue weighted by Crippen LogP contribution is 2.38. The van der Waals surface area contributed by atoms with Crippen LogP contribution in [0.1, 0.15) is 38.2 Å². The third kappa shape index (κ3) is 5.55. The number of methoxy groups -OCH3 is 3. The van der Waals surface area contributed by atoms with Crippen molar-refractivity contribution in [2.75, 3.05) is 34.5 Å². The summed E-state index contributed by atoms with van der Waals surface area (Å²) in [7, 11) is 4.53. The van der Waals surface area contributed by atoms with Gasteiger partial charge in [0.05, 0.1) is 21.3 Å². The number of unbranched alkanes of at least 4 members (excludes halogenated alkanes) is 1. The second-order valence-corrected chi connectivity index (χ2v) is 6.93. The molecule has 30 heavy (non-hydrogen) atoms. The van der Waals surface area contributed by atoms with Gasteiger partial charge in [-0.2, -0.15) is 0 Å². The minimum Gasteiger partial charge on any atom is -0.493 e. The summed E-state index contributed by atoms with van der Waals surface area (Å²) in [6.45, 7) is 2.78. The molecule has 0 saturated carbocycles. The molecule has 1 aliphatic rings. The van der Waals surface area contributed by atoms with Crippen LogP contribution in [-0.2, 0) is 20.8 Å². The number of likely N-dealkylation sites (tertiary alicyclic amines) is 1. The molecule has 1 aliphatic heterocycles. The molecule has 2 rings (SSSR count). The van der Waals surface area contributed by atoms with Crippen molar-refractivity contribution in [2.45, 2.75) is 45.1 Å². The number of ether oxygens (including phenoxy) is 3. The van der Waals surface area contributed by atoms with Crippen molar-refractivity contribution >= 4 is 17.6 Å². The third-order valence-corrected chi connectivity index (χ3v) is 4.91. The fourth-order valence-electron chi connectivity index (χ4n) is 3.34. The second kappa shape index (κ2) is 11.3. The van der Waals surface area contributed by atoms with Crippen LogP contribution < -0.4 is 14.2 Å². The van der Waals surface area contributed by atoms with Crippen LogP contribution in [0.4, 0.5) is 0 Å². The molecule has 1 fully saturated rings. The maximum atomic E-state index is 13.1. The van der Waals surface area contributed by atoms with E-state index in [1.165, 1.54) is 26.2 Å². The number of rotatable bonds is 11. The van der Waals surface area contributed by atoms with Crippen LogP contribution in [0.2, 0.25) is 0 Å². The lowest BCUT2D eigenvalue weighted by Gasteiger charge is -2.22. The number of carbonyl (C=O) groups excluding carboxylic acids is 1. The Bertz CT molecular complexity index is 754. The van der Waals surface area contributed by atoms with Gasteiger partial charge < -0.3 is 29.1 Å². The van der Waals surface area contributed by atoms with Crippen molar-refractivity contribution in [3.05, 3.63) is 17.7 Å². The van der Waals surface area contributed by atoms with Gasteiger partial charge in [-0.25, -0.2) is 4.79 Å². The highest BCUT2D eigenvalue weighted by Gasteiger charge is 2.36. The van der Waals surface area contributed by atoms with E-state index in [1.807, 2.05) is 6.92 Å². The molecule has 0 aromatic heterocycles. The molecule has 9 nitrogen and oxygen atoms in total. The normalized spacial score (nSPS) is 16.3. The number of carboxylic acid groups (broad SMARTS) is 1. The Morgan fingerprint density at radius 1 is 1.17 bits per heavy atom. The van der Waals surface area contributed by atoms with Gasteiger partial charge in [0.25, 0.3) is 5.91 Å². The predicted molar refractivity (Wildman–Crippen MR) is 110 cm³/mol. The molecule has 0 bridgehead atoms. The Balaban J connectivity index is 2.34. The van der Waals surface area contributed by atoms with Crippen LogP contribution in [0.5, 0.6) is 17.2 Å². The first-order valence-corrected chi connectivity index (χ1v) is 9.98. The molecule has 0 spiro atoms. The van der Waals surface area contributed by atoms with E-state index in [9.17, 15) is 14.7 Å². The highest BCUT2D eigenvalue weighted by atomic mass is 16.6. The molecule has 1 aromatic rings. The molecule has 166 valence electrons. The van der Waals surface area contributed by atoms with Crippen molar-refractivity contribution in [1.82, 2.24) is 4.90 Å². The molecular formula is C21H30N2O7. The van der Waals surface area contributed by atoms with E-state index >= 15 is 0 Å². The molecule has 1 atom stereocenters. The maximum Gasteiger partial charge on any atom is 0.326 e. The summed E-state index contributed by atoms with van der Waals surface area (Å²) in [4.78, 5) is 31.3. The first-order chi connectivity index (χ1) is 14.5. The van der Waals surface area contributed by atoms with E-state index in [1.54, 1.807) is 12.1 Å². The Labute approximate surface area is 176 Å². The van der Waals surface area contributed by atoms with E-state index in [-0.39, 0.29) is 12.1 Å². The number of aliphatic carboxylic acids is 1. The largest absolute Gasteiger partial charge is 0.493 e. The zero-order chi connectivity index (χ0) is 22.1. The van der Waals surface area contributed by atoms with Crippen LogP contribution in [0.15, 0.2) is 17.3 Å². The number of carboxylic acids is 1. The summed E-state index contributed by atoms with van der Waals surface area (Å²) in [5.74, 6) is -0.103. The fraction of sp³-hybridized carbons (Fsp3) is 0.571. The maximum absolute atomic E-state index is 13.1. The van der Waals surface area contributed by atoms with Gasteiger partial charge in [0.1, 0.15) is 18.4 Å². The Morgan fingerprint density at radius 3 is 2.37 bits per heavy atom. The summed E-state index contributed by atoms with van der Waals surface area (Å²) in [5.41, 5.74) is 0.829. The molecule has 0 aliphatic carbocycles. The van der Waals surface area contributed by atoms with E-state index in [0.717, 1.165) is 12.8 Å². The van der Waals surface area contributed by atoms with Gasteiger partial charge in [-0.05, 0) is 37.0 Å². The number of hydrogen-bond acceptors (Lipinski definition) is 7. The summed E-state index contributed by atoms with van der Waals surface area (Å²) in [6, 6.07) is 2.61. The fourth-order valence-corrected chi connectivity index (χ4v) is 3.34. The van der Waals surface area contributed by atoms with Crippen LogP contribution in [0.3, 0.4) is 0 Å². The number of benzene rings is 1. The summed E-state index contributed by atoms with van der Waals surface area (Å²) < 4.78 is 16.1. The SMILES string of the molecule is CCCCO/N=C(/Cc1cc(OC)c(OC)c(OC)c1)C(=O)N1CCC[C@H]1C(=O)O. The van der Waals surface area contributed by atoms with Gasteiger partial charge in [0.15, 0.2) is 11.5 Å². The first kappa shape index (κ1) is 23.3. The van der Waals surface area contributed by atoms with Gasteiger partial charge in [0, 0.05) is 13.0 Å². The standard InChI is InChI=1S/C21H30N2O7/c1-5-6-10-30-22-15(20(24)23-9-7-8-16(23)21(25)26)11-14-12-17(27-2)19(29-4)18(13-14)28-3/h12-13,16H,5-11H2,1-4H3,(H,25,26)/b22-15-/t16-/m0/s1. The third-order valence-electron chi connectivity index (χ3n) is 4.91. The van der Waals surface area contributed by atoms with Crippen LogP contribution in [0.25, 0.3) is 0 Å². The number of oxime groups is 1. The van der Waals surface area contributed by atoms with Crippen molar-refractivity contribution in [3.63, 3.8) is 0 Å². The molecule has 1 saturated heterocycles. The zero-order valence-corrected chi connectivity index (χ0v) is 18.0. The van der Waals surface area contributed by atoms with Gasteiger partial charge in [-0.15, -0.1) is 0 Å². The van der Waals surface area contributed by atoms with E-state index in [0.29, 0.717) is 48.8 Å². The van der Waals surface area contributed by atoms with Gasteiger partial charge in [-0.3, -0.25) is 4.79 Å². The molecule has 1 amide bonds. The van der Waals surface area contributed by atoms with Gasteiger partial charge in [-0.1, -0.05) is 18.5 Å². The van der Waals surface area contributed by atoms with Gasteiger partial charge >= 0.3 is 5.97 Å². The topological polar surface area (TPSA) is 107 Å². The minimum absolute atomic E-state index is 0.129. The lowest BCUT2D eigenvalue weighted by molar-refractivity contribution is -0.146. The molecule has 0 unspecified atom stereocenters. The van der Waals surface area contributed by atoms with Crippen LogP contribution >= 0.6 is 0 Å². The summed E-state index contributed by atoms with van der Waals surface area (Å²) in [6.07, 6.45) is 2.92. The summed E-state index contributed by atoms with van der Waals surface area (Å²) in [5, 5.41) is 13.5. The molecule has 0 radical (unpaired) electrons. The molecule has 1 N–H and O–H groups in total. The molecule has 1 aromatic carbocycles. The number of amides is 1. The summed E-state index contributed by atoms with van der Waals surface area (Å²) >= 11 is 0. The monoisotopic (exact) mass is 422 g/mol. The van der Waals surface area contributed by atoms with E-state index < -0.39 is 17.9 Å². The number of nitrogens with zero attached hydrogens (tertiary/aromatic N) is 2. The molecular weight excluding hydrogens is 392 g/mol. The zero-order valence-electron chi connectivity index (χ0n) is 18.0. The predicted octanol–water partition coefficient (Wildman–Crippen LogP) is 2.50. The smallest absolute Gasteiger partial charge is 0.326 e. The van der Waals surface area contributed by atoms with Crippen molar-refractivity contribution in [3.8, 4) is 17.2 Å². The van der Waals surface area contributed by atoms with Gasteiger partial charge in [0.2, 0.25) is 5.75 Å². The molecule has 9 heteroatoms. The Morgan fingerprint density at radius 2 is 1.83 bits per heavy atom. The minimum atomic E-state index is -1.01. The van der Waals surface area contributed by atoms with Crippen molar-refractivity contribution < 1.29 is 33.7 Å². The first-order valence-electron chi connectivity index (χ1n) is 9.98. The van der Waals surface area contributed by atoms with Crippen molar-refractivity contribution in [1.29, 1.82) is 0 Å². The lowest BCUT2D eigenvalue weighted by Crippen LogP contribution is -2.44. The van der Waals surface area contributed by atoms with E-state index in [2.05, 4.69) is 5.16 Å². The Hall–Kier alpha value is -2.97.